The molecule has 0 aromatic rings. The molecule has 0 aromatic carbocycles. The molecule has 174 valence electrons. The van der Waals surface area contributed by atoms with E-state index in [9.17, 15) is 5.21 Å². The minimum absolute atomic E-state index is 0.107. The molecule has 5 heteroatoms. The number of rotatable bonds is 10. The molecule has 3 atom stereocenters. The van der Waals surface area contributed by atoms with Crippen molar-refractivity contribution in [1.82, 2.24) is 5.06 Å². The fourth-order valence-electron chi connectivity index (χ4n) is 4.55. The molecule has 5 nitrogen and oxygen atoms in total. The van der Waals surface area contributed by atoms with E-state index in [0.717, 1.165) is 69.2 Å². The van der Waals surface area contributed by atoms with Crippen LogP contribution in [0.2, 0.25) is 0 Å². The molecule has 2 rings (SSSR count). The lowest BCUT2D eigenvalue weighted by molar-refractivity contribution is -0.106. The van der Waals surface area contributed by atoms with Crippen molar-refractivity contribution in [3.05, 3.63) is 23.5 Å². The predicted molar refractivity (Wildman–Crippen MR) is 121 cm³/mol. The SMILES string of the molecule is C/C=C1\CC(OC(CC)CC(C)OC2CCC(OC(C)CC)CC2)C/C(=C\C)N1O. The van der Waals surface area contributed by atoms with Gasteiger partial charge in [-0.3, -0.25) is 5.21 Å². The first-order valence-corrected chi connectivity index (χ1v) is 12.2. The predicted octanol–water partition coefficient (Wildman–Crippen LogP) is 6.36. The summed E-state index contributed by atoms with van der Waals surface area (Å²) in [4.78, 5) is 0. The fourth-order valence-corrected chi connectivity index (χ4v) is 4.55. The number of ether oxygens (including phenoxy) is 3. The number of hydrogen-bond donors (Lipinski definition) is 1. The summed E-state index contributed by atoms with van der Waals surface area (Å²) in [6.45, 7) is 12.6. The first kappa shape index (κ1) is 25.4. The van der Waals surface area contributed by atoms with Crippen molar-refractivity contribution < 1.29 is 19.4 Å². The molecule has 30 heavy (non-hydrogen) atoms. The van der Waals surface area contributed by atoms with E-state index in [1.165, 1.54) is 5.06 Å². The number of hydrogen-bond acceptors (Lipinski definition) is 5. The van der Waals surface area contributed by atoms with Gasteiger partial charge in [0.15, 0.2) is 0 Å². The molecule has 1 saturated carbocycles. The van der Waals surface area contributed by atoms with Crippen LogP contribution in [0.15, 0.2) is 23.5 Å². The summed E-state index contributed by atoms with van der Waals surface area (Å²) in [5.41, 5.74) is 1.82. The monoisotopic (exact) mass is 423 g/mol. The summed E-state index contributed by atoms with van der Waals surface area (Å²) in [7, 11) is 0. The summed E-state index contributed by atoms with van der Waals surface area (Å²) in [6.07, 6.45) is 14.4. The van der Waals surface area contributed by atoms with Gasteiger partial charge in [-0.2, -0.15) is 0 Å². The minimum Gasteiger partial charge on any atom is -0.375 e. The lowest BCUT2D eigenvalue weighted by Gasteiger charge is -2.36. The molecule has 0 spiro atoms. The van der Waals surface area contributed by atoms with Crippen molar-refractivity contribution in [3.8, 4) is 0 Å². The highest BCUT2D eigenvalue weighted by atomic mass is 16.5. The summed E-state index contributed by atoms with van der Waals surface area (Å²) in [5, 5.41) is 11.6. The maximum absolute atomic E-state index is 10.3. The van der Waals surface area contributed by atoms with E-state index in [1.54, 1.807) is 0 Å². The van der Waals surface area contributed by atoms with Crippen LogP contribution in [0.1, 0.15) is 99.3 Å². The maximum Gasteiger partial charge on any atom is 0.0689 e. The zero-order valence-corrected chi connectivity index (χ0v) is 20.1. The van der Waals surface area contributed by atoms with Crippen molar-refractivity contribution in [2.75, 3.05) is 0 Å². The molecule has 1 N–H and O–H groups in total. The summed E-state index contributed by atoms with van der Waals surface area (Å²) >= 11 is 0. The molecule has 0 bridgehead atoms. The molecule has 0 aromatic heterocycles. The van der Waals surface area contributed by atoms with Gasteiger partial charge < -0.3 is 14.2 Å². The van der Waals surface area contributed by atoms with Crippen molar-refractivity contribution in [1.29, 1.82) is 0 Å². The third-order valence-electron chi connectivity index (χ3n) is 6.56. The van der Waals surface area contributed by atoms with Gasteiger partial charge in [0.2, 0.25) is 0 Å². The van der Waals surface area contributed by atoms with Crippen LogP contribution in [0.25, 0.3) is 0 Å². The van der Waals surface area contributed by atoms with Crippen LogP contribution in [-0.2, 0) is 14.2 Å². The highest BCUT2D eigenvalue weighted by molar-refractivity contribution is 5.16. The highest BCUT2D eigenvalue weighted by Crippen LogP contribution is 2.31. The van der Waals surface area contributed by atoms with Gasteiger partial charge in [-0.1, -0.05) is 26.0 Å². The Kier molecular flexibility index (Phi) is 10.9. The Morgan fingerprint density at radius 1 is 0.833 bits per heavy atom. The van der Waals surface area contributed by atoms with Gasteiger partial charge in [0, 0.05) is 24.2 Å². The zero-order valence-electron chi connectivity index (χ0n) is 20.1. The van der Waals surface area contributed by atoms with E-state index < -0.39 is 0 Å². The number of nitrogens with zero attached hydrogens (tertiary/aromatic N) is 1. The van der Waals surface area contributed by atoms with Gasteiger partial charge in [0.05, 0.1) is 36.6 Å². The maximum atomic E-state index is 10.3. The molecule has 2 aliphatic rings. The fraction of sp³-hybridized carbons (Fsp3) is 0.840. The van der Waals surface area contributed by atoms with Crippen molar-refractivity contribution >= 4 is 0 Å². The molecule has 0 amide bonds. The van der Waals surface area contributed by atoms with Crippen LogP contribution in [0, 0.1) is 0 Å². The number of piperidine rings is 1. The molecular formula is C25H45NO4. The molecule has 1 saturated heterocycles. The smallest absolute Gasteiger partial charge is 0.0689 e. The van der Waals surface area contributed by atoms with Gasteiger partial charge in [-0.25, -0.2) is 5.06 Å². The van der Waals surface area contributed by atoms with Crippen LogP contribution in [0.5, 0.6) is 0 Å². The Morgan fingerprint density at radius 2 is 1.33 bits per heavy atom. The molecule has 3 unspecified atom stereocenters. The summed E-state index contributed by atoms with van der Waals surface area (Å²) < 4.78 is 19.0. The molecule has 1 heterocycles. The van der Waals surface area contributed by atoms with E-state index in [1.807, 2.05) is 26.0 Å². The van der Waals surface area contributed by atoms with E-state index in [0.29, 0.717) is 18.3 Å². The van der Waals surface area contributed by atoms with E-state index in [2.05, 4.69) is 27.7 Å². The lowest BCUT2D eigenvalue weighted by atomic mass is 9.94. The van der Waals surface area contributed by atoms with Crippen molar-refractivity contribution in [3.63, 3.8) is 0 Å². The Labute approximate surface area is 184 Å². The number of allylic oxidation sites excluding steroid dienone is 2. The largest absolute Gasteiger partial charge is 0.375 e. The van der Waals surface area contributed by atoms with E-state index >= 15 is 0 Å². The molecule has 1 aliphatic carbocycles. The summed E-state index contributed by atoms with van der Waals surface area (Å²) in [5.74, 6) is 0. The average Bonchev–Trinajstić information content (AvgIpc) is 2.75. The van der Waals surface area contributed by atoms with Gasteiger partial charge in [0.25, 0.3) is 0 Å². The highest BCUT2D eigenvalue weighted by Gasteiger charge is 2.29. The second-order valence-electron chi connectivity index (χ2n) is 9.00. The van der Waals surface area contributed by atoms with Crippen LogP contribution < -0.4 is 0 Å². The van der Waals surface area contributed by atoms with E-state index in [4.69, 9.17) is 14.2 Å². The molecule has 0 radical (unpaired) electrons. The van der Waals surface area contributed by atoms with Crippen LogP contribution in [-0.4, -0.2) is 46.9 Å². The van der Waals surface area contributed by atoms with Gasteiger partial charge in [-0.15, -0.1) is 0 Å². The Morgan fingerprint density at radius 3 is 1.77 bits per heavy atom. The Hall–Kier alpha value is -0.880. The van der Waals surface area contributed by atoms with Crippen LogP contribution >= 0.6 is 0 Å². The Bertz CT molecular complexity index is 531. The minimum atomic E-state index is 0.107. The third kappa shape index (κ3) is 7.67. The van der Waals surface area contributed by atoms with Crippen molar-refractivity contribution in [2.45, 2.75) is 136 Å². The van der Waals surface area contributed by atoms with Crippen molar-refractivity contribution in [2.24, 2.45) is 0 Å². The average molecular weight is 424 g/mol. The van der Waals surface area contributed by atoms with Crippen LogP contribution in [0.4, 0.5) is 0 Å². The quantitative estimate of drug-likeness (QED) is 0.443. The lowest BCUT2D eigenvalue weighted by Crippen LogP contribution is -2.35. The first-order chi connectivity index (χ1) is 14.4. The van der Waals surface area contributed by atoms with Gasteiger partial charge >= 0.3 is 0 Å². The first-order valence-electron chi connectivity index (χ1n) is 12.2. The zero-order chi connectivity index (χ0) is 22.1. The normalized spacial score (nSPS) is 31.2. The number of hydroxylamine groups is 2. The standard InChI is InChI=1S/C25H45NO4/c1-7-18(5)28-23-11-13-24(14-12-23)29-19(6)15-22(10-4)30-25-16-20(8-2)26(27)21(9-3)17-25/h8-9,18-19,22-25,27H,7,10-17H2,1-6H3/b20-8+,21-9+. The van der Waals surface area contributed by atoms with Gasteiger partial charge in [-0.05, 0) is 72.6 Å². The second kappa shape index (κ2) is 12.8. The van der Waals surface area contributed by atoms with Gasteiger partial charge in [0.1, 0.15) is 0 Å². The Balaban J connectivity index is 1.78. The molecular weight excluding hydrogens is 378 g/mol. The molecule has 2 fully saturated rings. The van der Waals surface area contributed by atoms with E-state index in [-0.39, 0.29) is 18.3 Å². The third-order valence-corrected chi connectivity index (χ3v) is 6.56. The molecule has 1 aliphatic heterocycles. The summed E-state index contributed by atoms with van der Waals surface area (Å²) in [6, 6.07) is 0. The second-order valence-corrected chi connectivity index (χ2v) is 9.00. The van der Waals surface area contributed by atoms with Crippen LogP contribution in [0.3, 0.4) is 0 Å². The topological polar surface area (TPSA) is 51.2 Å².